The molecular formula is C28H37F2N5O2. The maximum Gasteiger partial charge on any atom is 0.317 e. The fraction of sp³-hybridized carbons (Fsp3) is 0.429. The zero-order valence-electron chi connectivity index (χ0n) is 22.2. The summed E-state index contributed by atoms with van der Waals surface area (Å²) in [5.41, 5.74) is 7.66. The summed E-state index contributed by atoms with van der Waals surface area (Å²) in [5.74, 6) is -0.0961. The molecule has 200 valence electrons. The van der Waals surface area contributed by atoms with Crippen molar-refractivity contribution in [1.82, 2.24) is 19.8 Å². The quantitative estimate of drug-likeness (QED) is 0.401. The monoisotopic (exact) mass is 513 g/mol. The van der Waals surface area contributed by atoms with E-state index < -0.39 is 11.5 Å². The number of aromatic nitrogens is 2. The molecule has 1 heterocycles. The summed E-state index contributed by atoms with van der Waals surface area (Å²) in [4.78, 5) is 19.9. The zero-order chi connectivity index (χ0) is 27.2. The summed E-state index contributed by atoms with van der Waals surface area (Å²) in [6.07, 6.45) is 2.35. The van der Waals surface area contributed by atoms with Gasteiger partial charge in [-0.15, -0.1) is 0 Å². The number of urea groups is 1. The molecule has 0 spiro atoms. The van der Waals surface area contributed by atoms with E-state index in [-0.39, 0.29) is 23.7 Å². The van der Waals surface area contributed by atoms with Crippen LogP contribution >= 0.6 is 0 Å². The first-order valence-corrected chi connectivity index (χ1v) is 12.3. The lowest BCUT2D eigenvalue weighted by Gasteiger charge is -2.40. The van der Waals surface area contributed by atoms with E-state index in [1.54, 1.807) is 37.3 Å². The van der Waals surface area contributed by atoms with Crippen LogP contribution in [0.3, 0.4) is 0 Å². The molecule has 2 atom stereocenters. The first-order chi connectivity index (χ1) is 17.5. The molecule has 0 saturated carbocycles. The lowest BCUT2D eigenvalue weighted by atomic mass is 9.84. The third-order valence-corrected chi connectivity index (χ3v) is 6.14. The molecule has 37 heavy (non-hydrogen) atoms. The summed E-state index contributed by atoms with van der Waals surface area (Å²) in [6.45, 7) is 7.17. The van der Waals surface area contributed by atoms with Crippen molar-refractivity contribution in [2.45, 2.75) is 45.8 Å². The lowest BCUT2D eigenvalue weighted by Crippen LogP contribution is -2.48. The van der Waals surface area contributed by atoms with E-state index in [1.165, 1.54) is 24.3 Å². The molecule has 2 aromatic carbocycles. The van der Waals surface area contributed by atoms with Crippen LogP contribution in [0.15, 0.2) is 54.7 Å². The van der Waals surface area contributed by atoms with Gasteiger partial charge < -0.3 is 25.3 Å². The second-order valence-corrected chi connectivity index (χ2v) is 10.3. The molecule has 0 saturated heterocycles. The van der Waals surface area contributed by atoms with Crippen LogP contribution in [0.2, 0.25) is 0 Å². The number of ether oxygens (including phenoxy) is 1. The largest absolute Gasteiger partial charge is 0.383 e. The highest BCUT2D eigenvalue weighted by molar-refractivity contribution is 5.74. The van der Waals surface area contributed by atoms with Gasteiger partial charge in [0.25, 0.3) is 0 Å². The number of halogens is 2. The van der Waals surface area contributed by atoms with E-state index in [1.807, 2.05) is 37.6 Å². The smallest absolute Gasteiger partial charge is 0.317 e. The average Bonchev–Trinajstić information content (AvgIpc) is 3.23. The number of carbonyl (C=O) groups is 1. The summed E-state index contributed by atoms with van der Waals surface area (Å²) in [7, 11) is 3.17. The van der Waals surface area contributed by atoms with E-state index in [0.29, 0.717) is 43.2 Å². The standard InChI is InChI=1S/C28H37F2N5O2/c1-28(2,3)25(35(27(36)32-4)13-12-23(31)18-37-5)26-33-24(20-9-7-11-22(30)15-20)17-34(26)16-19-8-6-10-21(29)14-19/h6-11,14-15,17,23,25H,12-13,16,18,31H2,1-5H3,(H,32,36)/t23?,25-/m0/s1. The summed E-state index contributed by atoms with van der Waals surface area (Å²) < 4.78 is 35.1. The Bertz CT molecular complexity index is 1190. The van der Waals surface area contributed by atoms with E-state index in [4.69, 9.17) is 15.5 Å². The first kappa shape index (κ1) is 28.3. The van der Waals surface area contributed by atoms with Gasteiger partial charge in [0.05, 0.1) is 18.3 Å². The molecule has 3 N–H and O–H groups in total. The Hall–Kier alpha value is -3.30. The van der Waals surface area contributed by atoms with Crippen molar-refractivity contribution in [2.75, 3.05) is 27.3 Å². The van der Waals surface area contributed by atoms with Crippen LogP contribution in [-0.2, 0) is 11.3 Å². The van der Waals surface area contributed by atoms with E-state index in [2.05, 4.69) is 5.32 Å². The van der Waals surface area contributed by atoms with Gasteiger partial charge in [-0.05, 0) is 41.7 Å². The Morgan fingerprint density at radius 2 is 1.84 bits per heavy atom. The number of imidazole rings is 1. The molecule has 0 aliphatic heterocycles. The van der Waals surface area contributed by atoms with Gasteiger partial charge in [-0.2, -0.15) is 0 Å². The second kappa shape index (κ2) is 12.3. The normalized spacial score (nSPS) is 13.3. The molecule has 2 amide bonds. The van der Waals surface area contributed by atoms with Crippen LogP contribution in [0.25, 0.3) is 11.3 Å². The summed E-state index contributed by atoms with van der Waals surface area (Å²) in [6, 6.07) is 11.6. The average molecular weight is 514 g/mol. The number of methoxy groups -OCH3 is 1. The highest BCUT2D eigenvalue weighted by atomic mass is 19.1. The van der Waals surface area contributed by atoms with Crippen LogP contribution in [0.5, 0.6) is 0 Å². The molecule has 1 aromatic heterocycles. The number of nitrogens with two attached hydrogens (primary N) is 1. The molecule has 3 aromatic rings. The van der Waals surface area contributed by atoms with Crippen molar-refractivity contribution >= 4 is 6.03 Å². The van der Waals surface area contributed by atoms with Crippen molar-refractivity contribution in [2.24, 2.45) is 11.1 Å². The van der Waals surface area contributed by atoms with Crippen molar-refractivity contribution < 1.29 is 18.3 Å². The fourth-order valence-electron chi connectivity index (χ4n) is 4.48. The van der Waals surface area contributed by atoms with Crippen LogP contribution in [-0.4, -0.2) is 53.8 Å². The number of nitrogens with zero attached hydrogens (tertiary/aromatic N) is 3. The van der Waals surface area contributed by atoms with Gasteiger partial charge in [0, 0.05) is 45.0 Å². The minimum atomic E-state index is -0.474. The highest BCUT2D eigenvalue weighted by Crippen LogP contribution is 2.39. The van der Waals surface area contributed by atoms with E-state index in [0.717, 1.165) is 5.56 Å². The molecule has 0 bridgehead atoms. The molecule has 0 aliphatic carbocycles. The van der Waals surface area contributed by atoms with Gasteiger partial charge in [0.2, 0.25) is 0 Å². The van der Waals surface area contributed by atoms with Crippen molar-refractivity contribution in [3.63, 3.8) is 0 Å². The van der Waals surface area contributed by atoms with Crippen LogP contribution in [0.4, 0.5) is 13.6 Å². The number of hydrogen-bond acceptors (Lipinski definition) is 4. The van der Waals surface area contributed by atoms with Gasteiger partial charge in [-0.25, -0.2) is 18.6 Å². The third kappa shape index (κ3) is 7.36. The van der Waals surface area contributed by atoms with Crippen molar-refractivity contribution in [3.8, 4) is 11.3 Å². The Balaban J connectivity index is 2.14. The second-order valence-electron chi connectivity index (χ2n) is 10.3. The number of carbonyl (C=O) groups excluding carboxylic acids is 1. The van der Waals surface area contributed by atoms with Crippen molar-refractivity contribution in [3.05, 3.63) is 77.8 Å². The van der Waals surface area contributed by atoms with Crippen molar-refractivity contribution in [1.29, 1.82) is 0 Å². The molecule has 0 fully saturated rings. The Morgan fingerprint density at radius 3 is 2.43 bits per heavy atom. The molecule has 1 unspecified atom stereocenters. The van der Waals surface area contributed by atoms with Gasteiger partial charge in [-0.1, -0.05) is 45.0 Å². The lowest BCUT2D eigenvalue weighted by molar-refractivity contribution is 0.102. The van der Waals surface area contributed by atoms with Crippen LogP contribution in [0, 0.1) is 17.0 Å². The number of benzene rings is 2. The van der Waals surface area contributed by atoms with Gasteiger partial charge in [-0.3, -0.25) is 0 Å². The molecule has 3 rings (SSSR count). The molecule has 7 nitrogen and oxygen atoms in total. The van der Waals surface area contributed by atoms with Gasteiger partial charge >= 0.3 is 6.03 Å². The zero-order valence-corrected chi connectivity index (χ0v) is 22.2. The summed E-state index contributed by atoms with van der Waals surface area (Å²) >= 11 is 0. The number of amides is 2. The number of hydrogen-bond donors (Lipinski definition) is 2. The Kier molecular flexibility index (Phi) is 9.39. The predicted octanol–water partition coefficient (Wildman–Crippen LogP) is 4.97. The Labute approximate surface area is 217 Å². The van der Waals surface area contributed by atoms with Gasteiger partial charge in [0.1, 0.15) is 17.5 Å². The minimum Gasteiger partial charge on any atom is -0.383 e. The summed E-state index contributed by atoms with van der Waals surface area (Å²) in [5, 5.41) is 2.74. The van der Waals surface area contributed by atoms with Crippen LogP contribution < -0.4 is 11.1 Å². The maximum atomic E-state index is 14.1. The molecule has 0 radical (unpaired) electrons. The van der Waals surface area contributed by atoms with E-state index in [9.17, 15) is 13.6 Å². The third-order valence-electron chi connectivity index (χ3n) is 6.14. The predicted molar refractivity (Wildman–Crippen MR) is 141 cm³/mol. The van der Waals surface area contributed by atoms with Crippen LogP contribution in [0.1, 0.15) is 44.6 Å². The first-order valence-electron chi connectivity index (χ1n) is 12.3. The SMILES string of the molecule is CNC(=O)N(CCC(N)COC)[C@@H](c1nc(-c2cccc(F)c2)cn1Cc1cccc(F)c1)C(C)(C)C. The number of nitrogens with one attached hydrogen (secondary N) is 1. The van der Waals surface area contributed by atoms with Gasteiger partial charge in [0.15, 0.2) is 0 Å². The number of rotatable bonds is 10. The minimum absolute atomic E-state index is 0.243. The fourth-order valence-corrected chi connectivity index (χ4v) is 4.48. The molecule has 9 heteroatoms. The molecular weight excluding hydrogens is 476 g/mol. The highest BCUT2D eigenvalue weighted by Gasteiger charge is 2.38. The molecule has 0 aliphatic rings. The Morgan fingerprint density at radius 1 is 1.16 bits per heavy atom. The maximum absolute atomic E-state index is 14.1. The topological polar surface area (TPSA) is 85.4 Å². The van der Waals surface area contributed by atoms with E-state index >= 15 is 0 Å².